The Morgan fingerprint density at radius 2 is 1.70 bits per heavy atom. The van der Waals surface area contributed by atoms with Crippen LogP contribution in [0, 0.1) is 0 Å². The smallest absolute Gasteiger partial charge is 0.243 e. The minimum atomic E-state index is -0.514. The summed E-state index contributed by atoms with van der Waals surface area (Å²) >= 11 is 6.38. The van der Waals surface area contributed by atoms with Crippen molar-refractivity contribution in [3.05, 3.63) is 70.7 Å². The van der Waals surface area contributed by atoms with Gasteiger partial charge in [0.05, 0.1) is 6.42 Å². The first kappa shape index (κ1) is 22.4. The van der Waals surface area contributed by atoms with Crippen LogP contribution in [0.2, 0.25) is 5.02 Å². The van der Waals surface area contributed by atoms with Crippen molar-refractivity contribution in [3.8, 4) is 0 Å². The first-order valence-corrected chi connectivity index (χ1v) is 11.3. The fourth-order valence-electron chi connectivity index (χ4n) is 4.15. The zero-order chi connectivity index (χ0) is 21.3. The minimum Gasteiger partial charge on any atom is -0.352 e. The molecule has 30 heavy (non-hydrogen) atoms. The summed E-state index contributed by atoms with van der Waals surface area (Å²) in [6.45, 7) is 2.28. The first-order chi connectivity index (χ1) is 14.6. The molecule has 0 unspecified atom stereocenters. The molecule has 0 spiro atoms. The number of rotatable bonds is 8. The SMILES string of the molecule is CC[C@H](C(=O)NC1CCCCC1)N(Cc1ccccc1Cl)C(=O)Cc1ccccc1. The van der Waals surface area contributed by atoms with Crippen LogP contribution < -0.4 is 5.32 Å². The number of nitrogens with zero attached hydrogens (tertiary/aromatic N) is 1. The quantitative estimate of drug-likeness (QED) is 0.635. The summed E-state index contributed by atoms with van der Waals surface area (Å²) in [6.07, 6.45) is 6.39. The van der Waals surface area contributed by atoms with E-state index in [-0.39, 0.29) is 24.3 Å². The van der Waals surface area contributed by atoms with E-state index in [1.165, 1.54) is 6.42 Å². The van der Waals surface area contributed by atoms with Crippen molar-refractivity contribution in [2.45, 2.75) is 70.5 Å². The van der Waals surface area contributed by atoms with Gasteiger partial charge in [0.15, 0.2) is 0 Å². The van der Waals surface area contributed by atoms with Crippen LogP contribution in [0.1, 0.15) is 56.6 Å². The molecule has 1 atom stereocenters. The Balaban J connectivity index is 1.80. The molecule has 2 aromatic rings. The fraction of sp³-hybridized carbons (Fsp3) is 0.440. The average Bonchev–Trinajstić information content (AvgIpc) is 2.76. The second-order valence-electron chi connectivity index (χ2n) is 8.04. The number of amides is 2. The van der Waals surface area contributed by atoms with Gasteiger partial charge in [0.2, 0.25) is 11.8 Å². The third kappa shape index (κ3) is 6.09. The number of benzene rings is 2. The van der Waals surface area contributed by atoms with Crippen LogP contribution in [-0.4, -0.2) is 28.8 Å². The number of hydrogen-bond acceptors (Lipinski definition) is 2. The van der Waals surface area contributed by atoms with Gasteiger partial charge >= 0.3 is 0 Å². The van der Waals surface area contributed by atoms with Crippen molar-refractivity contribution in [1.82, 2.24) is 10.2 Å². The molecular weight excluding hydrogens is 396 g/mol. The number of halogens is 1. The van der Waals surface area contributed by atoms with Gasteiger partial charge in [-0.1, -0.05) is 86.3 Å². The molecule has 0 radical (unpaired) electrons. The van der Waals surface area contributed by atoms with Crippen LogP contribution in [-0.2, 0) is 22.6 Å². The van der Waals surface area contributed by atoms with E-state index < -0.39 is 6.04 Å². The predicted molar refractivity (Wildman–Crippen MR) is 121 cm³/mol. The van der Waals surface area contributed by atoms with Crippen molar-refractivity contribution < 1.29 is 9.59 Å². The van der Waals surface area contributed by atoms with Crippen molar-refractivity contribution in [2.75, 3.05) is 0 Å². The standard InChI is InChI=1S/C25H31ClN2O2/c1-2-23(25(30)27-21-14-7-4-8-15-21)28(18-20-13-9-10-16-22(20)26)24(29)17-19-11-5-3-6-12-19/h3,5-6,9-13,16,21,23H,2,4,7-8,14-15,17-18H2,1H3,(H,27,30)/t23-/m1/s1. The zero-order valence-electron chi connectivity index (χ0n) is 17.6. The van der Waals surface area contributed by atoms with Crippen LogP contribution >= 0.6 is 11.6 Å². The Morgan fingerprint density at radius 1 is 1.03 bits per heavy atom. The topological polar surface area (TPSA) is 49.4 Å². The minimum absolute atomic E-state index is 0.0575. The summed E-state index contributed by atoms with van der Waals surface area (Å²) in [5.41, 5.74) is 1.79. The molecule has 160 valence electrons. The van der Waals surface area contributed by atoms with Crippen LogP contribution in [0.15, 0.2) is 54.6 Å². The van der Waals surface area contributed by atoms with Gasteiger partial charge in [-0.3, -0.25) is 9.59 Å². The summed E-state index contributed by atoms with van der Waals surface area (Å²) in [6, 6.07) is 16.9. The van der Waals surface area contributed by atoms with Gasteiger partial charge in [0.25, 0.3) is 0 Å². The molecule has 1 N–H and O–H groups in total. The van der Waals surface area contributed by atoms with E-state index in [2.05, 4.69) is 5.32 Å². The maximum atomic E-state index is 13.3. The summed E-state index contributed by atoms with van der Waals surface area (Å²) in [4.78, 5) is 28.2. The van der Waals surface area contributed by atoms with Gasteiger partial charge in [-0.25, -0.2) is 0 Å². The highest BCUT2D eigenvalue weighted by Gasteiger charge is 2.30. The molecule has 2 aromatic carbocycles. The van der Waals surface area contributed by atoms with Gasteiger partial charge in [0.1, 0.15) is 6.04 Å². The molecule has 1 fully saturated rings. The van der Waals surface area contributed by atoms with E-state index in [0.717, 1.165) is 36.8 Å². The normalized spacial score (nSPS) is 15.4. The molecule has 5 heteroatoms. The molecule has 1 saturated carbocycles. The van der Waals surface area contributed by atoms with Crippen LogP contribution in [0.3, 0.4) is 0 Å². The second-order valence-corrected chi connectivity index (χ2v) is 8.45. The van der Waals surface area contributed by atoms with Crippen LogP contribution in [0.4, 0.5) is 0 Å². The third-order valence-corrected chi connectivity index (χ3v) is 6.20. The second kappa shape index (κ2) is 11.2. The van der Waals surface area contributed by atoms with Gasteiger partial charge in [-0.2, -0.15) is 0 Å². The lowest BCUT2D eigenvalue weighted by molar-refractivity contribution is -0.141. The molecule has 4 nitrogen and oxygen atoms in total. The van der Waals surface area contributed by atoms with E-state index in [1.807, 2.05) is 61.5 Å². The van der Waals surface area contributed by atoms with E-state index in [1.54, 1.807) is 4.90 Å². The molecule has 0 aliphatic heterocycles. The molecule has 3 rings (SSSR count). The third-order valence-electron chi connectivity index (χ3n) is 5.83. The summed E-state index contributed by atoms with van der Waals surface area (Å²) in [5, 5.41) is 3.81. The Labute approximate surface area is 184 Å². The fourth-order valence-corrected chi connectivity index (χ4v) is 4.34. The molecule has 0 bridgehead atoms. The summed E-state index contributed by atoms with van der Waals surface area (Å²) in [7, 11) is 0. The molecule has 2 amide bonds. The Bertz CT molecular complexity index is 834. The van der Waals surface area contributed by atoms with E-state index in [9.17, 15) is 9.59 Å². The number of carbonyl (C=O) groups excluding carboxylic acids is 2. The monoisotopic (exact) mass is 426 g/mol. The van der Waals surface area contributed by atoms with Gasteiger partial charge in [-0.05, 0) is 36.5 Å². The number of hydrogen-bond donors (Lipinski definition) is 1. The summed E-state index contributed by atoms with van der Waals surface area (Å²) < 4.78 is 0. The van der Waals surface area contributed by atoms with E-state index >= 15 is 0 Å². The first-order valence-electron chi connectivity index (χ1n) is 11.0. The molecule has 0 heterocycles. The van der Waals surface area contributed by atoms with Gasteiger partial charge < -0.3 is 10.2 Å². The lowest BCUT2D eigenvalue weighted by Crippen LogP contribution is -2.52. The van der Waals surface area contributed by atoms with Crippen molar-refractivity contribution in [3.63, 3.8) is 0 Å². The van der Waals surface area contributed by atoms with Gasteiger partial charge in [0, 0.05) is 17.6 Å². The van der Waals surface area contributed by atoms with Crippen molar-refractivity contribution in [1.29, 1.82) is 0 Å². The van der Waals surface area contributed by atoms with Gasteiger partial charge in [-0.15, -0.1) is 0 Å². The highest BCUT2D eigenvalue weighted by Crippen LogP contribution is 2.22. The largest absolute Gasteiger partial charge is 0.352 e. The lowest BCUT2D eigenvalue weighted by atomic mass is 9.95. The molecular formula is C25H31ClN2O2. The zero-order valence-corrected chi connectivity index (χ0v) is 18.4. The average molecular weight is 427 g/mol. The molecule has 1 aliphatic rings. The van der Waals surface area contributed by atoms with E-state index in [4.69, 9.17) is 11.6 Å². The molecule has 0 saturated heterocycles. The Morgan fingerprint density at radius 3 is 2.37 bits per heavy atom. The van der Waals surface area contributed by atoms with Crippen LogP contribution in [0.25, 0.3) is 0 Å². The Hall–Kier alpha value is -2.33. The van der Waals surface area contributed by atoms with Crippen LogP contribution in [0.5, 0.6) is 0 Å². The van der Waals surface area contributed by atoms with Crippen molar-refractivity contribution in [2.24, 2.45) is 0 Å². The highest BCUT2D eigenvalue weighted by molar-refractivity contribution is 6.31. The Kier molecular flexibility index (Phi) is 8.32. The lowest BCUT2D eigenvalue weighted by Gasteiger charge is -2.33. The summed E-state index contributed by atoms with van der Waals surface area (Å²) in [5.74, 6) is -0.121. The van der Waals surface area contributed by atoms with Crippen molar-refractivity contribution >= 4 is 23.4 Å². The molecule has 0 aromatic heterocycles. The number of carbonyl (C=O) groups is 2. The molecule has 1 aliphatic carbocycles. The maximum Gasteiger partial charge on any atom is 0.243 e. The van der Waals surface area contributed by atoms with E-state index in [0.29, 0.717) is 18.0 Å². The number of nitrogens with one attached hydrogen (secondary N) is 1. The maximum absolute atomic E-state index is 13.3. The highest BCUT2D eigenvalue weighted by atomic mass is 35.5. The predicted octanol–water partition coefficient (Wildman–Crippen LogP) is 5.14.